The Hall–Kier alpha value is -6.32. The first-order chi connectivity index (χ1) is 23.3. The van der Waals surface area contributed by atoms with Gasteiger partial charge in [-0.1, -0.05) is 140 Å². The highest BCUT2D eigenvalue weighted by Gasteiger charge is 2.21. The molecule has 0 saturated carbocycles. The van der Waals surface area contributed by atoms with E-state index < -0.39 is 0 Å². The van der Waals surface area contributed by atoms with E-state index in [2.05, 4.69) is 174 Å². The number of para-hydroxylation sites is 2. The third-order valence-corrected chi connectivity index (χ3v) is 8.97. The number of aromatic nitrogens is 3. The molecule has 9 aromatic rings. The van der Waals surface area contributed by atoms with Gasteiger partial charge >= 0.3 is 0 Å². The smallest absolute Gasteiger partial charge is 0.160 e. The third-order valence-electron chi connectivity index (χ3n) is 8.97. The number of benzene rings is 7. The molecule has 0 spiro atoms. The van der Waals surface area contributed by atoms with Gasteiger partial charge in [0.2, 0.25) is 0 Å². The van der Waals surface area contributed by atoms with Crippen molar-refractivity contribution in [1.82, 2.24) is 14.5 Å². The zero-order chi connectivity index (χ0) is 31.2. The summed E-state index contributed by atoms with van der Waals surface area (Å²) in [6.07, 6.45) is 0. The maximum Gasteiger partial charge on any atom is 0.160 e. The van der Waals surface area contributed by atoms with Crippen molar-refractivity contribution in [3.8, 4) is 50.6 Å². The summed E-state index contributed by atoms with van der Waals surface area (Å²) in [5.74, 6) is 0.708. The largest absolute Gasteiger partial charge is 0.306 e. The molecule has 0 bridgehead atoms. The number of hydrogen-bond acceptors (Lipinski definition) is 2. The molecule has 2 heterocycles. The minimum absolute atomic E-state index is 0.708. The Morgan fingerprint density at radius 1 is 0.383 bits per heavy atom. The van der Waals surface area contributed by atoms with Gasteiger partial charge in [-0.2, -0.15) is 0 Å². The van der Waals surface area contributed by atoms with Crippen LogP contribution < -0.4 is 0 Å². The van der Waals surface area contributed by atoms with Crippen LogP contribution in [0, 0.1) is 0 Å². The summed E-state index contributed by atoms with van der Waals surface area (Å²) in [7, 11) is 0. The van der Waals surface area contributed by atoms with Crippen LogP contribution in [0.25, 0.3) is 83.3 Å². The van der Waals surface area contributed by atoms with Crippen LogP contribution in [-0.4, -0.2) is 14.5 Å². The molecule has 0 aliphatic rings. The molecule has 7 aromatic carbocycles. The second kappa shape index (κ2) is 11.2. The molecule has 0 amide bonds. The van der Waals surface area contributed by atoms with Crippen molar-refractivity contribution in [2.45, 2.75) is 0 Å². The lowest BCUT2D eigenvalue weighted by Gasteiger charge is -2.13. The van der Waals surface area contributed by atoms with Crippen LogP contribution in [0.15, 0.2) is 176 Å². The predicted octanol–water partition coefficient (Wildman–Crippen LogP) is 11.4. The summed E-state index contributed by atoms with van der Waals surface area (Å²) in [6, 6.07) is 62.0. The average Bonchev–Trinajstić information content (AvgIpc) is 3.49. The second-order valence-electron chi connectivity index (χ2n) is 11.9. The van der Waals surface area contributed by atoms with Crippen molar-refractivity contribution in [2.75, 3.05) is 0 Å². The molecule has 0 fully saturated rings. The van der Waals surface area contributed by atoms with E-state index in [9.17, 15) is 0 Å². The molecule has 47 heavy (non-hydrogen) atoms. The van der Waals surface area contributed by atoms with Gasteiger partial charge in [-0.3, -0.25) is 0 Å². The first kappa shape index (κ1) is 27.0. The van der Waals surface area contributed by atoms with E-state index in [1.54, 1.807) is 0 Å². The molecule has 0 aliphatic heterocycles. The summed E-state index contributed by atoms with van der Waals surface area (Å²) >= 11 is 0. The summed E-state index contributed by atoms with van der Waals surface area (Å²) in [4.78, 5) is 10.6. The predicted molar refractivity (Wildman–Crippen MR) is 196 cm³/mol. The zero-order valence-electron chi connectivity index (χ0n) is 25.6. The zero-order valence-corrected chi connectivity index (χ0v) is 25.6. The summed E-state index contributed by atoms with van der Waals surface area (Å²) in [6.45, 7) is 0. The first-order valence-electron chi connectivity index (χ1n) is 15.9. The van der Waals surface area contributed by atoms with E-state index in [-0.39, 0.29) is 0 Å². The Kier molecular flexibility index (Phi) is 6.46. The van der Waals surface area contributed by atoms with Crippen molar-refractivity contribution in [3.05, 3.63) is 176 Å². The van der Waals surface area contributed by atoms with Crippen LogP contribution in [0.5, 0.6) is 0 Å². The van der Waals surface area contributed by atoms with Gasteiger partial charge in [-0.15, -0.1) is 0 Å². The molecule has 0 aliphatic carbocycles. The number of hydrogen-bond donors (Lipinski definition) is 0. The Morgan fingerprint density at radius 2 is 0.957 bits per heavy atom. The van der Waals surface area contributed by atoms with E-state index >= 15 is 0 Å². The molecular weight excluding hydrogens is 571 g/mol. The van der Waals surface area contributed by atoms with Gasteiger partial charge in [0.1, 0.15) is 5.52 Å². The number of fused-ring (bicyclic) bond motifs is 4. The molecule has 220 valence electrons. The highest BCUT2D eigenvalue weighted by molar-refractivity contribution is 6.11. The summed E-state index contributed by atoms with van der Waals surface area (Å²) in [5.41, 5.74) is 11.8. The summed E-state index contributed by atoms with van der Waals surface area (Å²) < 4.78 is 2.30. The van der Waals surface area contributed by atoms with Crippen molar-refractivity contribution >= 4 is 32.7 Å². The average molecular weight is 600 g/mol. The van der Waals surface area contributed by atoms with E-state index in [1.165, 1.54) is 21.9 Å². The van der Waals surface area contributed by atoms with Gasteiger partial charge in [0, 0.05) is 22.2 Å². The normalized spacial score (nSPS) is 11.4. The Morgan fingerprint density at radius 3 is 1.72 bits per heavy atom. The highest BCUT2D eigenvalue weighted by Crippen LogP contribution is 2.38. The quantitative estimate of drug-likeness (QED) is 0.197. The van der Waals surface area contributed by atoms with Crippen molar-refractivity contribution in [1.29, 1.82) is 0 Å². The highest BCUT2D eigenvalue weighted by atomic mass is 15.0. The van der Waals surface area contributed by atoms with Crippen LogP contribution in [0.3, 0.4) is 0 Å². The van der Waals surface area contributed by atoms with Gasteiger partial charge in [-0.25, -0.2) is 9.97 Å². The molecule has 3 heteroatoms. The van der Waals surface area contributed by atoms with E-state index in [0.29, 0.717) is 5.82 Å². The van der Waals surface area contributed by atoms with Gasteiger partial charge in [-0.05, 0) is 69.4 Å². The van der Waals surface area contributed by atoms with Crippen LogP contribution in [0.2, 0.25) is 0 Å². The van der Waals surface area contributed by atoms with Crippen LogP contribution in [-0.2, 0) is 0 Å². The van der Waals surface area contributed by atoms with Gasteiger partial charge in [0.15, 0.2) is 5.82 Å². The maximum absolute atomic E-state index is 5.32. The molecular formula is C44H29N3. The molecule has 9 rings (SSSR count). The molecule has 0 atom stereocenters. The van der Waals surface area contributed by atoms with Crippen molar-refractivity contribution < 1.29 is 0 Å². The Labute approximate surface area is 273 Å². The fourth-order valence-electron chi connectivity index (χ4n) is 6.70. The van der Waals surface area contributed by atoms with E-state index in [0.717, 1.165) is 55.6 Å². The fourth-order valence-corrected chi connectivity index (χ4v) is 6.70. The SMILES string of the molecule is c1ccc(-c2nc(-c3cccc(-c4cccc(-c5ccc6ccccc6c5)c4)c3)nc3c4ccccc4n(-c4ccccc4)c23)cc1. The minimum atomic E-state index is 0.708. The molecule has 0 N–H and O–H groups in total. The summed E-state index contributed by atoms with van der Waals surface area (Å²) in [5, 5.41) is 3.60. The Balaban J connectivity index is 1.22. The van der Waals surface area contributed by atoms with Gasteiger partial charge < -0.3 is 4.57 Å². The third kappa shape index (κ3) is 4.77. The van der Waals surface area contributed by atoms with E-state index in [1.807, 2.05) is 6.07 Å². The van der Waals surface area contributed by atoms with Crippen molar-refractivity contribution in [3.63, 3.8) is 0 Å². The topological polar surface area (TPSA) is 30.7 Å². The van der Waals surface area contributed by atoms with Crippen LogP contribution in [0.1, 0.15) is 0 Å². The number of rotatable bonds is 5. The molecule has 0 unspecified atom stereocenters. The molecule has 3 nitrogen and oxygen atoms in total. The van der Waals surface area contributed by atoms with Crippen LogP contribution >= 0.6 is 0 Å². The monoisotopic (exact) mass is 599 g/mol. The van der Waals surface area contributed by atoms with Gasteiger partial charge in [0.25, 0.3) is 0 Å². The lowest BCUT2D eigenvalue weighted by molar-refractivity contribution is 1.15. The Bertz CT molecular complexity index is 2570. The lowest BCUT2D eigenvalue weighted by atomic mass is 9.96. The fraction of sp³-hybridized carbons (Fsp3) is 0. The standard InChI is InChI=1S/C44H29N3/c1-3-14-31(15-4-1)41-43-42(39-23-9-10-24-40(39)47(43)38-21-5-2-6-22-38)46-44(45-41)37-20-12-19-35(29-37)33-17-11-18-34(28-33)36-26-25-30-13-7-8-16-32(30)27-36/h1-29H. The second-order valence-corrected chi connectivity index (χ2v) is 11.9. The molecule has 2 aromatic heterocycles. The van der Waals surface area contributed by atoms with Crippen molar-refractivity contribution in [2.24, 2.45) is 0 Å². The minimum Gasteiger partial charge on any atom is -0.306 e. The van der Waals surface area contributed by atoms with E-state index in [4.69, 9.17) is 9.97 Å². The molecule has 0 radical (unpaired) electrons. The first-order valence-corrected chi connectivity index (χ1v) is 15.9. The lowest BCUT2D eigenvalue weighted by Crippen LogP contribution is -1.99. The number of nitrogens with zero attached hydrogens (tertiary/aromatic N) is 3. The van der Waals surface area contributed by atoms with Gasteiger partial charge in [0.05, 0.1) is 16.7 Å². The molecule has 0 saturated heterocycles. The maximum atomic E-state index is 5.32. The van der Waals surface area contributed by atoms with Crippen LogP contribution in [0.4, 0.5) is 0 Å².